The second-order valence-electron chi connectivity index (χ2n) is 3.57. The first kappa shape index (κ1) is 10.4. The standard InChI is InChI=1S/C8H16N2O3/c1-10(12)7(11)6-8(9)2-4-13-5-3-8/h12H,2-6,9H2,1H3. The molecule has 0 atom stereocenters. The summed E-state index contributed by atoms with van der Waals surface area (Å²) in [7, 11) is 1.31. The molecule has 0 unspecified atom stereocenters. The highest BCUT2D eigenvalue weighted by Gasteiger charge is 2.31. The van der Waals surface area contributed by atoms with Gasteiger partial charge in [-0.1, -0.05) is 0 Å². The van der Waals surface area contributed by atoms with Gasteiger partial charge in [0.25, 0.3) is 0 Å². The van der Waals surface area contributed by atoms with Crippen molar-refractivity contribution in [3.05, 3.63) is 0 Å². The number of carbonyl (C=O) groups is 1. The van der Waals surface area contributed by atoms with Crippen LogP contribution < -0.4 is 5.73 Å². The zero-order chi connectivity index (χ0) is 9.90. The van der Waals surface area contributed by atoms with Gasteiger partial charge in [-0.25, -0.2) is 5.06 Å². The molecule has 1 fully saturated rings. The minimum atomic E-state index is -0.494. The molecule has 0 aromatic rings. The van der Waals surface area contributed by atoms with E-state index in [0.717, 1.165) is 0 Å². The first-order valence-corrected chi connectivity index (χ1v) is 4.36. The maximum Gasteiger partial charge on any atom is 0.247 e. The van der Waals surface area contributed by atoms with Crippen molar-refractivity contribution in [1.82, 2.24) is 5.06 Å². The second-order valence-corrected chi connectivity index (χ2v) is 3.57. The Labute approximate surface area is 77.4 Å². The van der Waals surface area contributed by atoms with Gasteiger partial charge < -0.3 is 10.5 Å². The highest BCUT2D eigenvalue weighted by molar-refractivity contribution is 5.75. The zero-order valence-corrected chi connectivity index (χ0v) is 7.82. The number of ether oxygens (including phenoxy) is 1. The summed E-state index contributed by atoms with van der Waals surface area (Å²) in [6, 6.07) is 0. The third kappa shape index (κ3) is 2.95. The van der Waals surface area contributed by atoms with Crippen LogP contribution in [0.4, 0.5) is 0 Å². The van der Waals surface area contributed by atoms with Crippen LogP contribution in [-0.4, -0.2) is 42.0 Å². The summed E-state index contributed by atoms with van der Waals surface area (Å²) in [6.07, 6.45) is 1.53. The van der Waals surface area contributed by atoms with E-state index in [1.807, 2.05) is 0 Å². The van der Waals surface area contributed by atoms with E-state index >= 15 is 0 Å². The summed E-state index contributed by atoms with van der Waals surface area (Å²) in [4.78, 5) is 11.2. The van der Waals surface area contributed by atoms with Gasteiger partial charge in [-0.3, -0.25) is 10.0 Å². The van der Waals surface area contributed by atoms with Gasteiger partial charge in [0, 0.05) is 32.2 Å². The number of nitrogens with two attached hydrogens (primary N) is 1. The third-order valence-corrected chi connectivity index (χ3v) is 2.35. The maximum absolute atomic E-state index is 11.2. The Morgan fingerprint density at radius 1 is 1.62 bits per heavy atom. The summed E-state index contributed by atoms with van der Waals surface area (Å²) in [5, 5.41) is 9.45. The molecule has 76 valence electrons. The predicted octanol–water partition coefficient (Wildman–Crippen LogP) is -0.268. The summed E-state index contributed by atoms with van der Waals surface area (Å²) in [5.74, 6) is -0.343. The molecule has 5 heteroatoms. The molecule has 0 radical (unpaired) electrons. The number of carbonyl (C=O) groups excluding carboxylic acids is 1. The van der Waals surface area contributed by atoms with Gasteiger partial charge in [0.2, 0.25) is 5.91 Å². The van der Waals surface area contributed by atoms with E-state index in [9.17, 15) is 4.79 Å². The van der Waals surface area contributed by atoms with Gasteiger partial charge in [-0.2, -0.15) is 0 Å². The Bertz CT molecular complexity index is 188. The first-order chi connectivity index (χ1) is 6.03. The number of hydrogen-bond donors (Lipinski definition) is 2. The van der Waals surface area contributed by atoms with Crippen LogP contribution >= 0.6 is 0 Å². The minimum absolute atomic E-state index is 0.184. The summed E-state index contributed by atoms with van der Waals surface area (Å²) in [5.41, 5.74) is 5.47. The molecular weight excluding hydrogens is 172 g/mol. The molecule has 1 aliphatic heterocycles. The van der Waals surface area contributed by atoms with Crippen molar-refractivity contribution in [3.8, 4) is 0 Å². The van der Waals surface area contributed by atoms with Gasteiger partial charge in [-0.05, 0) is 12.8 Å². The number of amides is 1. The Balaban J connectivity index is 2.45. The van der Waals surface area contributed by atoms with Crippen molar-refractivity contribution in [1.29, 1.82) is 0 Å². The van der Waals surface area contributed by atoms with Gasteiger partial charge in [0.15, 0.2) is 0 Å². The van der Waals surface area contributed by atoms with Gasteiger partial charge >= 0.3 is 0 Å². The van der Waals surface area contributed by atoms with Crippen molar-refractivity contribution in [2.45, 2.75) is 24.8 Å². The normalized spacial score (nSPS) is 21.2. The van der Waals surface area contributed by atoms with Crippen LogP contribution in [0, 0.1) is 0 Å². The van der Waals surface area contributed by atoms with Gasteiger partial charge in [-0.15, -0.1) is 0 Å². The zero-order valence-electron chi connectivity index (χ0n) is 7.82. The van der Waals surface area contributed by atoms with Crippen LogP contribution in [0.5, 0.6) is 0 Å². The molecule has 1 amide bonds. The number of nitrogens with zero attached hydrogens (tertiary/aromatic N) is 1. The van der Waals surface area contributed by atoms with Crippen LogP contribution in [0.1, 0.15) is 19.3 Å². The fourth-order valence-corrected chi connectivity index (χ4v) is 1.37. The number of hydrogen-bond acceptors (Lipinski definition) is 4. The fraction of sp³-hybridized carbons (Fsp3) is 0.875. The Kier molecular flexibility index (Phi) is 3.24. The molecule has 0 aromatic carbocycles. The molecule has 1 heterocycles. The molecule has 1 saturated heterocycles. The van der Waals surface area contributed by atoms with Crippen LogP contribution in [0.25, 0.3) is 0 Å². The maximum atomic E-state index is 11.2. The fourth-order valence-electron chi connectivity index (χ4n) is 1.37. The van der Waals surface area contributed by atoms with E-state index in [4.69, 9.17) is 15.7 Å². The average molecular weight is 188 g/mol. The van der Waals surface area contributed by atoms with Crippen molar-refractivity contribution in [3.63, 3.8) is 0 Å². The molecule has 0 saturated carbocycles. The second kappa shape index (κ2) is 4.04. The minimum Gasteiger partial charge on any atom is -0.381 e. The van der Waals surface area contributed by atoms with E-state index in [1.165, 1.54) is 7.05 Å². The molecule has 13 heavy (non-hydrogen) atoms. The lowest BCUT2D eigenvalue weighted by molar-refractivity contribution is -0.161. The van der Waals surface area contributed by atoms with Crippen LogP contribution in [0.3, 0.4) is 0 Å². The van der Waals surface area contributed by atoms with Crippen LogP contribution in [-0.2, 0) is 9.53 Å². The van der Waals surface area contributed by atoms with Gasteiger partial charge in [0.05, 0.1) is 0 Å². The van der Waals surface area contributed by atoms with Crippen molar-refractivity contribution < 1.29 is 14.7 Å². The lowest BCUT2D eigenvalue weighted by Crippen LogP contribution is -2.48. The van der Waals surface area contributed by atoms with Crippen LogP contribution in [0.15, 0.2) is 0 Å². The van der Waals surface area contributed by atoms with Crippen LogP contribution in [0.2, 0.25) is 0 Å². The number of hydroxylamine groups is 2. The molecule has 3 N–H and O–H groups in total. The highest BCUT2D eigenvalue weighted by Crippen LogP contribution is 2.21. The van der Waals surface area contributed by atoms with E-state index in [2.05, 4.69) is 0 Å². The quantitative estimate of drug-likeness (QED) is 0.462. The SMILES string of the molecule is CN(O)C(=O)CC1(N)CCOCC1. The van der Waals surface area contributed by atoms with Crippen molar-refractivity contribution >= 4 is 5.91 Å². The van der Waals surface area contributed by atoms with Crippen molar-refractivity contribution in [2.75, 3.05) is 20.3 Å². The predicted molar refractivity (Wildman–Crippen MR) is 46.1 cm³/mol. The molecule has 0 aromatic heterocycles. The largest absolute Gasteiger partial charge is 0.381 e. The Morgan fingerprint density at radius 3 is 2.62 bits per heavy atom. The molecule has 1 rings (SSSR count). The first-order valence-electron chi connectivity index (χ1n) is 4.36. The monoisotopic (exact) mass is 188 g/mol. The Hall–Kier alpha value is -0.650. The molecule has 0 spiro atoms. The van der Waals surface area contributed by atoms with Gasteiger partial charge in [0.1, 0.15) is 0 Å². The smallest absolute Gasteiger partial charge is 0.247 e. The summed E-state index contributed by atoms with van der Waals surface area (Å²) in [6.45, 7) is 1.19. The molecule has 0 aliphatic carbocycles. The lowest BCUT2D eigenvalue weighted by atomic mass is 9.87. The van der Waals surface area contributed by atoms with Crippen molar-refractivity contribution in [2.24, 2.45) is 5.73 Å². The average Bonchev–Trinajstić information content (AvgIpc) is 2.04. The number of rotatable bonds is 2. The summed E-state index contributed by atoms with van der Waals surface area (Å²) < 4.78 is 5.14. The highest BCUT2D eigenvalue weighted by atomic mass is 16.5. The molecular formula is C8H16N2O3. The van der Waals surface area contributed by atoms with E-state index in [1.54, 1.807) is 0 Å². The van der Waals surface area contributed by atoms with E-state index in [-0.39, 0.29) is 12.3 Å². The Morgan fingerprint density at radius 2 is 2.15 bits per heavy atom. The van der Waals surface area contributed by atoms with E-state index < -0.39 is 5.54 Å². The molecule has 0 bridgehead atoms. The topological polar surface area (TPSA) is 75.8 Å². The lowest BCUT2D eigenvalue weighted by Gasteiger charge is -2.33. The summed E-state index contributed by atoms with van der Waals surface area (Å²) >= 11 is 0. The molecule has 1 aliphatic rings. The third-order valence-electron chi connectivity index (χ3n) is 2.35. The molecule has 5 nitrogen and oxygen atoms in total. The van der Waals surface area contributed by atoms with E-state index in [0.29, 0.717) is 31.1 Å².